The van der Waals surface area contributed by atoms with E-state index in [9.17, 15) is 4.79 Å². The number of hydrogen-bond acceptors (Lipinski definition) is 3. The van der Waals surface area contributed by atoms with Crippen LogP contribution in [0, 0.1) is 11.8 Å². The van der Waals surface area contributed by atoms with E-state index < -0.39 is 0 Å². The van der Waals surface area contributed by atoms with Crippen molar-refractivity contribution in [3.63, 3.8) is 0 Å². The molecule has 0 saturated carbocycles. The van der Waals surface area contributed by atoms with Crippen molar-refractivity contribution < 1.29 is 9.53 Å². The van der Waals surface area contributed by atoms with Gasteiger partial charge in [-0.1, -0.05) is 25.1 Å². The number of benzene rings is 1. The third-order valence-corrected chi connectivity index (χ3v) is 6.71. The quantitative estimate of drug-likeness (QED) is 0.806. The molecule has 5 atom stereocenters. The highest BCUT2D eigenvalue weighted by molar-refractivity contribution is 5.97. The minimum atomic E-state index is -0.384. The van der Waals surface area contributed by atoms with Crippen LogP contribution in [-0.2, 0) is 11.8 Å². The van der Waals surface area contributed by atoms with Crippen LogP contribution in [0.4, 0.5) is 0 Å². The summed E-state index contributed by atoms with van der Waals surface area (Å²) < 4.78 is 6.45. The van der Waals surface area contributed by atoms with Crippen LogP contribution in [0.3, 0.4) is 0 Å². The van der Waals surface area contributed by atoms with E-state index in [0.717, 1.165) is 25.1 Å². The summed E-state index contributed by atoms with van der Waals surface area (Å²) in [5.74, 6) is 1.22. The predicted molar refractivity (Wildman–Crippen MR) is 87.6 cm³/mol. The fourth-order valence-electron chi connectivity index (χ4n) is 5.71. The van der Waals surface area contributed by atoms with Gasteiger partial charge >= 0.3 is 0 Å². The molecule has 1 aromatic rings. The molecule has 2 N–H and O–H groups in total. The lowest BCUT2D eigenvalue weighted by atomic mass is 9.52. The SMILES string of the molecule is C[C@H]1C=C[C@H]2[C@H]3Cc4ccc(C(N)=O)c5c4[C@@]2(CCN3C)[C@H]1O5. The lowest BCUT2D eigenvalue weighted by Gasteiger charge is -2.56. The van der Waals surface area contributed by atoms with Crippen molar-refractivity contribution >= 4 is 5.91 Å². The fraction of sp³-hybridized carbons (Fsp3) is 0.526. The van der Waals surface area contributed by atoms with Gasteiger partial charge in [-0.3, -0.25) is 4.79 Å². The Bertz CT molecular complexity index is 756. The first-order valence-electron chi connectivity index (χ1n) is 8.55. The minimum absolute atomic E-state index is 0.0275. The minimum Gasteiger partial charge on any atom is -0.488 e. The van der Waals surface area contributed by atoms with E-state index in [0.29, 0.717) is 23.4 Å². The Morgan fingerprint density at radius 3 is 3.00 bits per heavy atom. The van der Waals surface area contributed by atoms with Gasteiger partial charge in [-0.25, -0.2) is 0 Å². The summed E-state index contributed by atoms with van der Waals surface area (Å²) in [6, 6.07) is 4.49. The molecule has 120 valence electrons. The lowest BCUT2D eigenvalue weighted by Crippen LogP contribution is -2.63. The van der Waals surface area contributed by atoms with Crippen molar-refractivity contribution in [2.75, 3.05) is 13.6 Å². The van der Waals surface area contributed by atoms with Gasteiger partial charge in [-0.2, -0.15) is 0 Å². The van der Waals surface area contributed by atoms with Crippen LogP contribution < -0.4 is 10.5 Å². The number of primary amides is 1. The monoisotopic (exact) mass is 310 g/mol. The Kier molecular flexibility index (Phi) is 2.47. The van der Waals surface area contributed by atoms with E-state index in [1.165, 1.54) is 11.1 Å². The maximum absolute atomic E-state index is 11.9. The zero-order chi connectivity index (χ0) is 15.9. The summed E-state index contributed by atoms with van der Waals surface area (Å²) >= 11 is 0. The number of likely N-dealkylation sites (N-methyl/N-ethyl adjacent to an activating group) is 1. The van der Waals surface area contributed by atoms with Crippen LogP contribution in [0.25, 0.3) is 0 Å². The zero-order valence-electron chi connectivity index (χ0n) is 13.6. The van der Waals surface area contributed by atoms with Gasteiger partial charge in [0.05, 0.1) is 5.56 Å². The number of carbonyl (C=O) groups is 1. The van der Waals surface area contributed by atoms with E-state index in [1.807, 2.05) is 6.07 Å². The average Bonchev–Trinajstić information content (AvgIpc) is 2.87. The summed E-state index contributed by atoms with van der Waals surface area (Å²) in [4.78, 5) is 14.4. The molecule has 0 aromatic heterocycles. The zero-order valence-corrected chi connectivity index (χ0v) is 13.6. The number of piperidine rings is 1. The summed E-state index contributed by atoms with van der Waals surface area (Å²) in [6.07, 6.45) is 6.97. The topological polar surface area (TPSA) is 55.6 Å². The van der Waals surface area contributed by atoms with E-state index in [4.69, 9.17) is 10.5 Å². The van der Waals surface area contributed by atoms with Crippen molar-refractivity contribution in [3.8, 4) is 5.75 Å². The molecule has 0 unspecified atom stereocenters. The summed E-state index contributed by atoms with van der Waals surface area (Å²) in [7, 11) is 2.23. The van der Waals surface area contributed by atoms with Crippen LogP contribution in [0.15, 0.2) is 24.3 Å². The van der Waals surface area contributed by atoms with E-state index in [1.54, 1.807) is 0 Å². The van der Waals surface area contributed by atoms with Gasteiger partial charge in [0.2, 0.25) is 0 Å². The molecular formula is C19H22N2O2. The number of nitrogens with zero attached hydrogens (tertiary/aromatic N) is 1. The highest BCUT2D eigenvalue weighted by Crippen LogP contribution is 2.62. The molecule has 4 heteroatoms. The van der Waals surface area contributed by atoms with Crippen molar-refractivity contribution in [1.82, 2.24) is 4.90 Å². The van der Waals surface area contributed by atoms with Gasteiger partial charge < -0.3 is 15.4 Å². The predicted octanol–water partition coefficient (Wildman–Crippen LogP) is 1.87. The molecule has 2 heterocycles. The van der Waals surface area contributed by atoms with Gasteiger partial charge in [0, 0.05) is 28.9 Å². The standard InChI is InChI=1S/C19H22N2O2/c1-10-3-6-13-14-9-11-4-5-12(18(20)22)16-15(11)19(13,17(10)23-16)7-8-21(14)2/h3-6,10,13-14,17H,7-9H2,1-2H3,(H2,20,22)/t10-,13-,14+,17-,19-/m0/s1. The van der Waals surface area contributed by atoms with Crippen LogP contribution in [0.2, 0.25) is 0 Å². The molecule has 2 aliphatic carbocycles. The Morgan fingerprint density at radius 2 is 2.22 bits per heavy atom. The second kappa shape index (κ2) is 4.18. The highest BCUT2D eigenvalue weighted by Gasteiger charge is 2.63. The Morgan fingerprint density at radius 1 is 1.39 bits per heavy atom. The van der Waals surface area contributed by atoms with Gasteiger partial charge in [0.15, 0.2) is 0 Å². The lowest BCUT2D eigenvalue weighted by molar-refractivity contribution is -0.0142. The number of hydrogen-bond donors (Lipinski definition) is 1. The van der Waals surface area contributed by atoms with E-state index in [-0.39, 0.29) is 17.4 Å². The number of nitrogens with two attached hydrogens (primary N) is 1. The fourth-order valence-corrected chi connectivity index (χ4v) is 5.71. The molecule has 2 aliphatic heterocycles. The molecule has 2 bridgehead atoms. The van der Waals surface area contributed by atoms with Crippen molar-refractivity contribution in [2.24, 2.45) is 17.6 Å². The Labute approximate surface area is 136 Å². The maximum Gasteiger partial charge on any atom is 0.252 e. The molecule has 1 amide bonds. The first-order chi connectivity index (χ1) is 11.0. The number of rotatable bonds is 1. The second-order valence-corrected chi connectivity index (χ2v) is 7.69. The Balaban J connectivity index is 1.83. The van der Waals surface area contributed by atoms with E-state index in [2.05, 4.69) is 37.1 Å². The average molecular weight is 310 g/mol. The third-order valence-electron chi connectivity index (χ3n) is 6.71. The molecule has 5 rings (SSSR count). The molecule has 23 heavy (non-hydrogen) atoms. The number of amides is 1. The molecule has 4 aliphatic rings. The molecule has 1 spiro atoms. The summed E-state index contributed by atoms with van der Waals surface area (Å²) in [6.45, 7) is 3.31. The Hall–Kier alpha value is -1.81. The maximum atomic E-state index is 11.9. The molecule has 1 fully saturated rings. The van der Waals surface area contributed by atoms with Gasteiger partial charge in [0.1, 0.15) is 11.9 Å². The first kappa shape index (κ1) is 13.6. The smallest absolute Gasteiger partial charge is 0.252 e. The largest absolute Gasteiger partial charge is 0.488 e. The number of carbonyl (C=O) groups excluding carboxylic acids is 1. The normalized spacial score (nSPS) is 39.7. The van der Waals surface area contributed by atoms with Crippen molar-refractivity contribution in [2.45, 2.75) is 37.3 Å². The van der Waals surface area contributed by atoms with Gasteiger partial charge in [-0.05, 0) is 38.1 Å². The van der Waals surface area contributed by atoms with Crippen molar-refractivity contribution in [1.29, 1.82) is 0 Å². The van der Waals surface area contributed by atoms with Crippen LogP contribution in [0.5, 0.6) is 5.75 Å². The van der Waals surface area contributed by atoms with Crippen LogP contribution in [-0.4, -0.2) is 36.5 Å². The van der Waals surface area contributed by atoms with Crippen LogP contribution in [0.1, 0.15) is 34.8 Å². The summed E-state index contributed by atoms with van der Waals surface area (Å²) in [5.41, 5.74) is 8.84. The molecule has 1 aromatic carbocycles. The molecular weight excluding hydrogens is 288 g/mol. The second-order valence-electron chi connectivity index (χ2n) is 7.69. The van der Waals surface area contributed by atoms with Crippen LogP contribution >= 0.6 is 0 Å². The highest BCUT2D eigenvalue weighted by atomic mass is 16.5. The molecule has 1 saturated heterocycles. The molecule has 4 nitrogen and oxygen atoms in total. The number of ether oxygens (including phenoxy) is 1. The first-order valence-corrected chi connectivity index (χ1v) is 8.55. The van der Waals surface area contributed by atoms with Gasteiger partial charge in [-0.15, -0.1) is 0 Å². The number of likely N-dealkylation sites (tertiary alicyclic amines) is 1. The summed E-state index contributed by atoms with van der Waals surface area (Å²) in [5, 5.41) is 0. The third kappa shape index (κ3) is 1.44. The van der Waals surface area contributed by atoms with Crippen molar-refractivity contribution in [3.05, 3.63) is 41.0 Å². The van der Waals surface area contributed by atoms with E-state index >= 15 is 0 Å². The molecule has 0 radical (unpaired) electrons. The van der Waals surface area contributed by atoms with Gasteiger partial charge in [0.25, 0.3) is 5.91 Å².